The maximum absolute atomic E-state index is 12.1. The molecule has 3 nitrogen and oxygen atoms in total. The van der Waals surface area contributed by atoms with Crippen LogP contribution in [-0.2, 0) is 4.79 Å². The second-order valence-electron chi connectivity index (χ2n) is 5.04. The third-order valence-electron chi connectivity index (χ3n) is 2.97. The average Bonchev–Trinajstić information content (AvgIpc) is 2.41. The van der Waals surface area contributed by atoms with Crippen molar-refractivity contribution in [2.24, 2.45) is 0 Å². The van der Waals surface area contributed by atoms with Crippen LogP contribution in [0.5, 0.6) is 5.75 Å². The molecule has 0 spiro atoms. The van der Waals surface area contributed by atoms with E-state index in [2.05, 4.69) is 5.32 Å². The summed E-state index contributed by atoms with van der Waals surface area (Å²) in [5.74, 6) is 2.06. The van der Waals surface area contributed by atoms with Gasteiger partial charge < -0.3 is 10.1 Å². The Balaban J connectivity index is 1.89. The van der Waals surface area contributed by atoms with E-state index in [1.807, 2.05) is 38.1 Å². The first-order valence-corrected chi connectivity index (χ1v) is 7.89. The number of ether oxygens (including phenoxy) is 1. The van der Waals surface area contributed by atoms with Gasteiger partial charge in [-0.1, -0.05) is 6.42 Å². The lowest BCUT2D eigenvalue weighted by molar-refractivity contribution is -0.115. The van der Waals surface area contributed by atoms with Crippen LogP contribution in [0.3, 0.4) is 0 Å². The maximum Gasteiger partial charge on any atom is 0.237 e. The van der Waals surface area contributed by atoms with E-state index < -0.39 is 0 Å². The summed E-state index contributed by atoms with van der Waals surface area (Å²) in [5, 5.41) is 3.09. The van der Waals surface area contributed by atoms with Crippen molar-refractivity contribution in [3.8, 4) is 5.75 Å². The lowest BCUT2D eigenvalue weighted by Crippen LogP contribution is -2.27. The molecule has 1 atom stereocenters. The molecule has 0 aliphatic carbocycles. The Morgan fingerprint density at radius 3 is 2.63 bits per heavy atom. The van der Waals surface area contributed by atoms with Crippen LogP contribution in [0.2, 0.25) is 0 Å². The molecule has 0 radical (unpaired) electrons. The van der Waals surface area contributed by atoms with Gasteiger partial charge >= 0.3 is 0 Å². The minimum absolute atomic E-state index is 0.111. The molecule has 1 saturated heterocycles. The van der Waals surface area contributed by atoms with Gasteiger partial charge in [0, 0.05) is 5.69 Å². The predicted molar refractivity (Wildman–Crippen MR) is 80.9 cm³/mol. The number of benzene rings is 1. The van der Waals surface area contributed by atoms with Crippen molar-refractivity contribution in [2.45, 2.75) is 44.5 Å². The highest BCUT2D eigenvalue weighted by Crippen LogP contribution is 2.26. The fourth-order valence-electron chi connectivity index (χ4n) is 2.06. The van der Waals surface area contributed by atoms with Crippen molar-refractivity contribution < 1.29 is 9.53 Å². The third-order valence-corrected chi connectivity index (χ3v) is 4.34. The molecule has 0 bridgehead atoms. The highest BCUT2D eigenvalue weighted by atomic mass is 32.2. The minimum Gasteiger partial charge on any atom is -0.491 e. The van der Waals surface area contributed by atoms with Gasteiger partial charge in [-0.25, -0.2) is 0 Å². The number of amides is 1. The molecule has 2 rings (SSSR count). The summed E-state index contributed by atoms with van der Waals surface area (Å²) in [7, 11) is 0. The number of hydrogen-bond donors (Lipinski definition) is 1. The van der Waals surface area contributed by atoms with Crippen molar-refractivity contribution in [1.82, 2.24) is 0 Å². The fourth-order valence-corrected chi connectivity index (χ4v) is 3.26. The van der Waals surface area contributed by atoms with Crippen LogP contribution in [0.25, 0.3) is 0 Å². The molecule has 1 unspecified atom stereocenters. The summed E-state index contributed by atoms with van der Waals surface area (Å²) in [6, 6.07) is 7.57. The second-order valence-corrected chi connectivity index (χ2v) is 6.35. The number of carbonyl (C=O) groups excluding carboxylic acids is 1. The van der Waals surface area contributed by atoms with Gasteiger partial charge in [0.25, 0.3) is 0 Å². The number of thioether (sulfide) groups is 1. The lowest BCUT2D eigenvalue weighted by atomic mass is 10.2. The molecular formula is C15H21NO2S. The fraction of sp³-hybridized carbons (Fsp3) is 0.533. The van der Waals surface area contributed by atoms with Gasteiger partial charge in [-0.3, -0.25) is 4.79 Å². The second kappa shape index (κ2) is 6.85. The molecule has 0 saturated carbocycles. The number of rotatable bonds is 4. The van der Waals surface area contributed by atoms with E-state index in [1.54, 1.807) is 11.8 Å². The highest BCUT2D eigenvalue weighted by Gasteiger charge is 2.21. The molecule has 4 heteroatoms. The average molecular weight is 279 g/mol. The van der Waals surface area contributed by atoms with Crippen molar-refractivity contribution in [3.63, 3.8) is 0 Å². The number of carbonyl (C=O) groups is 1. The topological polar surface area (TPSA) is 38.3 Å². The molecule has 1 amide bonds. The van der Waals surface area contributed by atoms with Crippen LogP contribution in [0.4, 0.5) is 5.69 Å². The van der Waals surface area contributed by atoms with E-state index in [0.717, 1.165) is 30.0 Å². The van der Waals surface area contributed by atoms with Crippen LogP contribution in [0.15, 0.2) is 24.3 Å². The molecular weight excluding hydrogens is 258 g/mol. The molecule has 1 heterocycles. The van der Waals surface area contributed by atoms with Crippen molar-refractivity contribution in [2.75, 3.05) is 11.1 Å². The first kappa shape index (κ1) is 14.3. The SMILES string of the molecule is CC(C)Oc1ccc(NC(=O)C2CCCCS2)cc1. The molecule has 1 N–H and O–H groups in total. The van der Waals surface area contributed by atoms with Gasteiger partial charge in [-0.05, 0) is 56.7 Å². The van der Waals surface area contributed by atoms with Gasteiger partial charge in [0.15, 0.2) is 0 Å². The van der Waals surface area contributed by atoms with Gasteiger partial charge in [0.05, 0.1) is 11.4 Å². The van der Waals surface area contributed by atoms with E-state index in [4.69, 9.17) is 4.74 Å². The van der Waals surface area contributed by atoms with E-state index in [9.17, 15) is 4.79 Å². The van der Waals surface area contributed by atoms with Crippen LogP contribution < -0.4 is 10.1 Å². The quantitative estimate of drug-likeness (QED) is 0.913. The maximum atomic E-state index is 12.1. The van der Waals surface area contributed by atoms with E-state index >= 15 is 0 Å². The van der Waals surface area contributed by atoms with Gasteiger partial charge in [-0.15, -0.1) is 11.8 Å². The first-order chi connectivity index (χ1) is 9.15. The Hall–Kier alpha value is -1.16. The van der Waals surface area contributed by atoms with E-state index in [0.29, 0.717) is 0 Å². The molecule has 1 aliphatic rings. The third kappa shape index (κ3) is 4.46. The van der Waals surface area contributed by atoms with Crippen LogP contribution in [0.1, 0.15) is 33.1 Å². The normalized spacial score (nSPS) is 19.2. The van der Waals surface area contributed by atoms with Crippen LogP contribution in [0, 0.1) is 0 Å². The highest BCUT2D eigenvalue weighted by molar-refractivity contribution is 8.00. The standard InChI is InChI=1S/C15H21NO2S/c1-11(2)18-13-8-6-12(7-9-13)16-15(17)14-5-3-4-10-19-14/h6-9,11,14H,3-5,10H2,1-2H3,(H,16,17). The number of hydrogen-bond acceptors (Lipinski definition) is 3. The molecule has 19 heavy (non-hydrogen) atoms. The van der Waals surface area contributed by atoms with E-state index in [-0.39, 0.29) is 17.3 Å². The Labute approximate surface area is 119 Å². The number of nitrogens with one attached hydrogen (secondary N) is 1. The van der Waals surface area contributed by atoms with Crippen LogP contribution >= 0.6 is 11.8 Å². The Morgan fingerprint density at radius 1 is 1.32 bits per heavy atom. The van der Waals surface area contributed by atoms with Crippen LogP contribution in [-0.4, -0.2) is 23.0 Å². The smallest absolute Gasteiger partial charge is 0.237 e. The largest absolute Gasteiger partial charge is 0.491 e. The summed E-state index contributed by atoms with van der Waals surface area (Å²) >= 11 is 1.77. The van der Waals surface area contributed by atoms with Gasteiger partial charge in [0.1, 0.15) is 5.75 Å². The van der Waals surface area contributed by atoms with Crippen molar-refractivity contribution in [1.29, 1.82) is 0 Å². The summed E-state index contributed by atoms with van der Waals surface area (Å²) < 4.78 is 5.57. The predicted octanol–water partition coefficient (Wildman–Crippen LogP) is 3.70. The summed E-state index contributed by atoms with van der Waals surface area (Å²) in [4.78, 5) is 12.1. The van der Waals surface area contributed by atoms with Gasteiger partial charge in [0.2, 0.25) is 5.91 Å². The molecule has 1 fully saturated rings. The van der Waals surface area contributed by atoms with Crippen molar-refractivity contribution in [3.05, 3.63) is 24.3 Å². The molecule has 104 valence electrons. The van der Waals surface area contributed by atoms with Gasteiger partial charge in [-0.2, -0.15) is 0 Å². The lowest BCUT2D eigenvalue weighted by Gasteiger charge is -2.20. The summed E-state index contributed by atoms with van der Waals surface area (Å²) in [5.41, 5.74) is 0.840. The van der Waals surface area contributed by atoms with Crippen molar-refractivity contribution >= 4 is 23.4 Å². The first-order valence-electron chi connectivity index (χ1n) is 6.84. The molecule has 1 aromatic carbocycles. The van der Waals surface area contributed by atoms with E-state index in [1.165, 1.54) is 6.42 Å². The molecule has 1 aromatic rings. The number of anilines is 1. The zero-order valence-corrected chi connectivity index (χ0v) is 12.3. The summed E-state index contributed by atoms with van der Waals surface area (Å²) in [6.07, 6.45) is 3.55. The zero-order chi connectivity index (χ0) is 13.7. The molecule has 0 aromatic heterocycles. The Morgan fingerprint density at radius 2 is 2.05 bits per heavy atom. The molecule has 1 aliphatic heterocycles. The summed E-state index contributed by atoms with van der Waals surface area (Å²) in [6.45, 7) is 3.99. The Kier molecular flexibility index (Phi) is 5.14. The zero-order valence-electron chi connectivity index (χ0n) is 11.5. The Bertz CT molecular complexity index is 411. The minimum atomic E-state index is 0.111. The monoisotopic (exact) mass is 279 g/mol.